The van der Waals surface area contributed by atoms with Crippen LogP contribution >= 0.6 is 34.8 Å². The molecule has 13 heteroatoms. The van der Waals surface area contributed by atoms with Crippen molar-refractivity contribution in [2.45, 2.75) is 18.4 Å². The first-order chi connectivity index (χ1) is 20.5. The van der Waals surface area contributed by atoms with Gasteiger partial charge in [0.2, 0.25) is 5.60 Å². The second-order valence-electron chi connectivity index (χ2n) is 9.30. The van der Waals surface area contributed by atoms with Crippen LogP contribution in [0.15, 0.2) is 91.3 Å². The summed E-state index contributed by atoms with van der Waals surface area (Å²) in [7, 11) is 0. The predicted octanol–water partition coefficient (Wildman–Crippen LogP) is 8.20. The van der Waals surface area contributed by atoms with Gasteiger partial charge < -0.3 is 5.32 Å². The summed E-state index contributed by atoms with van der Waals surface area (Å²) in [6, 6.07) is 18.4. The number of hydrogen-bond acceptors (Lipinski definition) is 5. The van der Waals surface area contributed by atoms with E-state index in [1.165, 1.54) is 24.5 Å². The topological polar surface area (TPSA) is 71.6 Å². The van der Waals surface area contributed by atoms with Crippen LogP contribution in [0, 0.1) is 5.82 Å². The third-order valence-electron chi connectivity index (χ3n) is 6.56. The van der Waals surface area contributed by atoms with E-state index in [4.69, 9.17) is 44.5 Å². The van der Waals surface area contributed by atoms with Crippen LogP contribution in [-0.2, 0) is 21.9 Å². The second-order valence-corrected chi connectivity index (χ2v) is 10.5. The van der Waals surface area contributed by atoms with E-state index < -0.39 is 39.1 Å². The highest BCUT2D eigenvalue weighted by molar-refractivity contribution is 6.35. The maximum absolute atomic E-state index is 14.5. The molecule has 0 bridgehead atoms. The fourth-order valence-electron chi connectivity index (χ4n) is 4.46. The smallest absolute Gasteiger partial charge is 0.327 e. The summed E-state index contributed by atoms with van der Waals surface area (Å²) in [6.45, 7) is 0.256. The van der Waals surface area contributed by atoms with Gasteiger partial charge in [0.05, 0.1) is 22.3 Å². The molecule has 4 aromatic rings. The zero-order valence-electron chi connectivity index (χ0n) is 21.7. The Labute approximate surface area is 257 Å². The third-order valence-corrected chi connectivity index (χ3v) is 7.37. The van der Waals surface area contributed by atoms with Crippen LogP contribution in [0.25, 0.3) is 16.5 Å². The molecular weight excluding hydrogens is 633 g/mol. The number of alkyl halides is 3. The maximum Gasteiger partial charge on any atom is 0.428 e. The van der Waals surface area contributed by atoms with Crippen molar-refractivity contribution in [2.24, 2.45) is 0 Å². The lowest BCUT2D eigenvalue weighted by Crippen LogP contribution is -2.42. The minimum Gasteiger partial charge on any atom is -0.327 e. The highest BCUT2D eigenvalue weighted by atomic mass is 35.5. The molecule has 0 fully saturated rings. The fourth-order valence-corrected chi connectivity index (χ4v) is 5.07. The van der Waals surface area contributed by atoms with E-state index in [2.05, 4.69) is 16.3 Å². The number of carbonyl (C=O) groups excluding carboxylic acids is 1. The van der Waals surface area contributed by atoms with E-state index >= 15 is 0 Å². The monoisotopic (exact) mass is 651 g/mol. The number of amides is 1. The van der Waals surface area contributed by atoms with E-state index in [1.54, 1.807) is 36.4 Å². The first kappa shape index (κ1) is 30.7. The van der Waals surface area contributed by atoms with Crippen LogP contribution in [0.3, 0.4) is 0 Å². The Morgan fingerprint density at radius 1 is 0.953 bits per heavy atom. The van der Waals surface area contributed by atoms with Crippen LogP contribution < -0.4 is 16.3 Å². The molecule has 4 aromatic carbocycles. The van der Waals surface area contributed by atoms with E-state index in [-0.39, 0.29) is 17.9 Å². The van der Waals surface area contributed by atoms with Gasteiger partial charge in [-0.3, -0.25) is 25.4 Å². The molecular formula is C30H20Cl3F4N3O3. The van der Waals surface area contributed by atoms with Crippen LogP contribution in [0.1, 0.15) is 27.0 Å². The van der Waals surface area contributed by atoms with Crippen LogP contribution in [-0.4, -0.2) is 12.1 Å². The molecule has 1 aliphatic heterocycles. The van der Waals surface area contributed by atoms with Gasteiger partial charge in [-0.05, 0) is 52.7 Å². The molecule has 1 heterocycles. The van der Waals surface area contributed by atoms with Crippen molar-refractivity contribution >= 4 is 57.2 Å². The second kappa shape index (κ2) is 12.4. The van der Waals surface area contributed by atoms with Gasteiger partial charge in [0, 0.05) is 34.1 Å². The molecule has 0 saturated carbocycles. The Morgan fingerprint density at radius 2 is 1.63 bits per heavy atom. The zero-order valence-corrected chi connectivity index (χ0v) is 24.0. The Balaban J connectivity index is 1.38. The summed E-state index contributed by atoms with van der Waals surface area (Å²) < 4.78 is 57.4. The van der Waals surface area contributed by atoms with Gasteiger partial charge >= 0.3 is 6.18 Å². The largest absolute Gasteiger partial charge is 0.428 e. The molecule has 0 spiro atoms. The Morgan fingerprint density at radius 3 is 2.30 bits per heavy atom. The van der Waals surface area contributed by atoms with Crippen molar-refractivity contribution in [1.82, 2.24) is 16.3 Å². The SMILES string of the molecule is O=C(NC=CNOCc1ccc(Cl)cc1)c1ccc(C2=CC(c3cc(Cl)c(F)c(Cl)c3)(C(F)(F)F)ON2)c2ccccc12. The van der Waals surface area contributed by atoms with Gasteiger partial charge in [-0.2, -0.15) is 13.2 Å². The van der Waals surface area contributed by atoms with Crippen LogP contribution in [0.2, 0.25) is 15.1 Å². The number of hydroxylamine groups is 2. The van der Waals surface area contributed by atoms with Crippen molar-refractivity contribution in [2.75, 3.05) is 0 Å². The number of fused-ring (bicyclic) bond motifs is 1. The Kier molecular flexibility index (Phi) is 8.86. The van der Waals surface area contributed by atoms with Gasteiger partial charge in [-0.25, -0.2) is 4.39 Å². The van der Waals surface area contributed by atoms with Crippen molar-refractivity contribution in [3.05, 3.63) is 134 Å². The molecule has 222 valence electrons. The highest BCUT2D eigenvalue weighted by Crippen LogP contribution is 2.49. The van der Waals surface area contributed by atoms with Gasteiger partial charge in [-0.1, -0.05) is 77.3 Å². The lowest BCUT2D eigenvalue weighted by atomic mass is 9.90. The molecule has 0 aliphatic carbocycles. The molecule has 5 rings (SSSR count). The van der Waals surface area contributed by atoms with E-state index in [1.807, 2.05) is 12.1 Å². The van der Waals surface area contributed by atoms with Gasteiger partial charge in [0.1, 0.15) is 0 Å². The quantitative estimate of drug-likeness (QED) is 0.0775. The maximum atomic E-state index is 14.5. The highest BCUT2D eigenvalue weighted by Gasteiger charge is 2.60. The fraction of sp³-hybridized carbons (Fsp3) is 0.100. The summed E-state index contributed by atoms with van der Waals surface area (Å²) in [4.78, 5) is 23.4. The van der Waals surface area contributed by atoms with Gasteiger partial charge in [0.25, 0.3) is 5.91 Å². The zero-order chi connectivity index (χ0) is 30.8. The first-order valence-corrected chi connectivity index (χ1v) is 13.6. The normalized spacial score (nSPS) is 16.8. The lowest BCUT2D eigenvalue weighted by molar-refractivity contribution is -0.269. The van der Waals surface area contributed by atoms with Crippen LogP contribution in [0.5, 0.6) is 0 Å². The average molecular weight is 653 g/mol. The van der Waals surface area contributed by atoms with E-state index in [9.17, 15) is 22.4 Å². The van der Waals surface area contributed by atoms with E-state index in [0.717, 1.165) is 23.8 Å². The van der Waals surface area contributed by atoms with Crippen molar-refractivity contribution in [3.63, 3.8) is 0 Å². The van der Waals surface area contributed by atoms with Gasteiger partial charge in [-0.15, -0.1) is 0 Å². The predicted molar refractivity (Wildman–Crippen MR) is 156 cm³/mol. The first-order valence-electron chi connectivity index (χ1n) is 12.5. The summed E-state index contributed by atoms with van der Waals surface area (Å²) in [5.41, 5.74) is 2.86. The number of carbonyl (C=O) groups is 1. The Bertz CT molecular complexity index is 1720. The summed E-state index contributed by atoms with van der Waals surface area (Å²) in [6.07, 6.45) is -1.42. The van der Waals surface area contributed by atoms with Crippen LogP contribution in [0.4, 0.5) is 17.6 Å². The van der Waals surface area contributed by atoms with Crippen molar-refractivity contribution in [3.8, 4) is 0 Å². The standard InChI is InChI=1S/C30H20Cl3F4N3O3/c31-19-7-5-17(6-8-19)16-42-39-12-11-38-28(41)23-10-9-22(20-3-1-2-4-21(20)23)26-15-29(43-40-26,30(35,36)37)18-13-24(32)27(34)25(33)14-18/h1-15,39-40H,16H2,(H,38,41). The molecule has 1 amide bonds. The summed E-state index contributed by atoms with van der Waals surface area (Å²) >= 11 is 17.5. The van der Waals surface area contributed by atoms with Crippen molar-refractivity contribution < 1.29 is 32.0 Å². The number of nitrogens with one attached hydrogen (secondary N) is 3. The van der Waals surface area contributed by atoms with Crippen molar-refractivity contribution in [1.29, 1.82) is 0 Å². The Hall–Kier alpha value is -3.80. The van der Waals surface area contributed by atoms with Gasteiger partial charge in [0.15, 0.2) is 5.82 Å². The molecule has 1 atom stereocenters. The molecule has 0 saturated heterocycles. The average Bonchev–Trinajstić information content (AvgIpc) is 3.45. The molecule has 1 unspecified atom stereocenters. The minimum absolute atomic E-state index is 0.0287. The lowest BCUT2D eigenvalue weighted by Gasteiger charge is -2.28. The summed E-state index contributed by atoms with van der Waals surface area (Å²) in [5, 5.41) is 2.99. The molecule has 6 nitrogen and oxygen atoms in total. The minimum atomic E-state index is -4.99. The molecule has 43 heavy (non-hydrogen) atoms. The summed E-state index contributed by atoms with van der Waals surface area (Å²) in [5.74, 6) is -1.51. The molecule has 1 aliphatic rings. The molecule has 0 aromatic heterocycles. The molecule has 0 radical (unpaired) electrons. The van der Waals surface area contributed by atoms with E-state index in [0.29, 0.717) is 21.4 Å². The third kappa shape index (κ3) is 6.29. The number of rotatable bonds is 8. The molecule has 3 N–H and O–H groups in total. The number of hydrogen-bond donors (Lipinski definition) is 3. The number of halogens is 7. The number of benzene rings is 4.